The number of rotatable bonds is 10. The molecule has 0 unspecified atom stereocenters. The Kier molecular flexibility index (Phi) is 8.82. The lowest BCUT2D eigenvalue weighted by atomic mass is 9.96. The second-order valence-corrected chi connectivity index (χ2v) is 11.9. The van der Waals surface area contributed by atoms with Gasteiger partial charge in [0, 0.05) is 36.6 Å². The van der Waals surface area contributed by atoms with E-state index >= 15 is 4.39 Å². The summed E-state index contributed by atoms with van der Waals surface area (Å²) in [5.74, 6) is -0.709. The highest BCUT2D eigenvalue weighted by Gasteiger charge is 2.39. The first-order valence-corrected chi connectivity index (χ1v) is 15.3. The number of likely N-dealkylation sites (N-methyl/N-ethyl adjacent to an activating group) is 1. The number of nitrogens with zero attached hydrogens (tertiary/aromatic N) is 3. The van der Waals surface area contributed by atoms with Gasteiger partial charge in [-0.1, -0.05) is 29.8 Å². The normalized spacial score (nSPS) is 16.0. The van der Waals surface area contributed by atoms with Crippen molar-refractivity contribution in [2.75, 3.05) is 31.8 Å². The Hall–Kier alpha value is -5.05. The van der Waals surface area contributed by atoms with Crippen LogP contribution in [0.5, 0.6) is 23.0 Å². The fourth-order valence-corrected chi connectivity index (χ4v) is 6.00. The van der Waals surface area contributed by atoms with Gasteiger partial charge in [0.1, 0.15) is 43.5 Å². The minimum Gasteiger partial charge on any atom is -0.487 e. The molecule has 0 saturated heterocycles. The second kappa shape index (κ2) is 13.0. The summed E-state index contributed by atoms with van der Waals surface area (Å²) in [6.45, 7) is 1.34. The van der Waals surface area contributed by atoms with E-state index in [4.69, 9.17) is 30.5 Å². The number of aromatic nitrogens is 1. The van der Waals surface area contributed by atoms with Crippen LogP contribution in [-0.4, -0.2) is 53.6 Å². The molecule has 4 aromatic rings. The number of carboxylic acid groups (broad SMARTS) is 1. The van der Waals surface area contributed by atoms with E-state index in [-0.39, 0.29) is 35.5 Å². The van der Waals surface area contributed by atoms with Crippen LogP contribution in [0.3, 0.4) is 0 Å². The largest absolute Gasteiger partial charge is 0.487 e. The molecule has 6 rings (SSSR count). The molecule has 3 aromatic carbocycles. The summed E-state index contributed by atoms with van der Waals surface area (Å²) in [6.07, 6.45) is 3.80. The van der Waals surface area contributed by atoms with E-state index in [2.05, 4.69) is 4.98 Å². The number of aliphatic hydroxyl groups excluding tert-OH is 1. The van der Waals surface area contributed by atoms with E-state index in [1.54, 1.807) is 30.5 Å². The molecule has 1 aliphatic carbocycles. The molecule has 0 spiro atoms. The number of carboxylic acids is 1. The summed E-state index contributed by atoms with van der Waals surface area (Å²) in [5, 5.41) is 29.4. The molecule has 242 valence electrons. The van der Waals surface area contributed by atoms with Crippen LogP contribution in [0.15, 0.2) is 60.9 Å². The van der Waals surface area contributed by atoms with Crippen molar-refractivity contribution in [3.63, 3.8) is 0 Å². The Morgan fingerprint density at radius 2 is 1.98 bits per heavy atom. The fourth-order valence-electron chi connectivity index (χ4n) is 5.80. The van der Waals surface area contributed by atoms with Crippen molar-refractivity contribution in [2.24, 2.45) is 0 Å². The third-order valence-electron chi connectivity index (χ3n) is 8.63. The van der Waals surface area contributed by atoms with Gasteiger partial charge in [-0.2, -0.15) is 5.26 Å². The van der Waals surface area contributed by atoms with Crippen LogP contribution >= 0.6 is 11.6 Å². The fraction of sp³-hybridized carbons (Fsp3) is 0.286. The van der Waals surface area contributed by atoms with E-state index in [9.17, 15) is 20.3 Å². The Labute approximate surface area is 275 Å². The maximum atomic E-state index is 15.6. The number of halogens is 2. The van der Waals surface area contributed by atoms with Gasteiger partial charge in [0.05, 0.1) is 22.9 Å². The van der Waals surface area contributed by atoms with Crippen molar-refractivity contribution < 1.29 is 38.3 Å². The molecule has 12 heteroatoms. The molecule has 0 fully saturated rings. The Bertz CT molecular complexity index is 1900. The maximum Gasteiger partial charge on any atom is 0.331 e. The predicted molar refractivity (Wildman–Crippen MR) is 171 cm³/mol. The number of hydrogen-bond donors (Lipinski definition) is 2. The number of benzene rings is 3. The Morgan fingerprint density at radius 3 is 2.74 bits per heavy atom. The molecule has 2 aliphatic rings. The van der Waals surface area contributed by atoms with Crippen molar-refractivity contribution in [2.45, 2.75) is 38.0 Å². The van der Waals surface area contributed by atoms with Crippen molar-refractivity contribution >= 4 is 23.3 Å². The monoisotopic (exact) mass is 659 g/mol. The molecule has 0 amide bonds. The Morgan fingerprint density at radius 1 is 1.17 bits per heavy atom. The van der Waals surface area contributed by atoms with Crippen molar-refractivity contribution in [3.8, 4) is 40.2 Å². The molecular formula is C35H31ClFN3O7. The zero-order valence-corrected chi connectivity index (χ0v) is 26.4. The number of nitriles is 1. The topological polar surface area (TPSA) is 134 Å². The Balaban J connectivity index is 1.34. The van der Waals surface area contributed by atoms with Gasteiger partial charge in [0.2, 0.25) is 0 Å². The van der Waals surface area contributed by atoms with Crippen LogP contribution < -0.4 is 23.8 Å². The quantitative estimate of drug-likeness (QED) is 0.206. The van der Waals surface area contributed by atoms with Gasteiger partial charge in [-0.25, -0.2) is 9.18 Å². The van der Waals surface area contributed by atoms with Crippen molar-refractivity contribution in [1.82, 2.24) is 4.98 Å². The average Bonchev–Trinajstić information content (AvgIpc) is 3.50. The molecule has 0 saturated carbocycles. The molecule has 2 N–H and O–H groups in total. The minimum absolute atomic E-state index is 0.00403. The van der Waals surface area contributed by atoms with Crippen molar-refractivity contribution in [1.29, 1.82) is 5.26 Å². The van der Waals surface area contributed by atoms with Crippen LogP contribution in [0.25, 0.3) is 11.1 Å². The first kappa shape index (κ1) is 31.9. The van der Waals surface area contributed by atoms with E-state index in [1.807, 2.05) is 24.3 Å². The third kappa shape index (κ3) is 5.98. The smallest absolute Gasteiger partial charge is 0.331 e. The number of ether oxygens (including phenoxy) is 4. The summed E-state index contributed by atoms with van der Waals surface area (Å²) in [6, 6.07) is 15.9. The van der Waals surface area contributed by atoms with Gasteiger partial charge in [-0.15, -0.1) is 0 Å². The number of fused-ring (bicyclic) bond motifs is 2. The molecule has 10 nitrogen and oxygen atoms in total. The molecule has 1 aromatic heterocycles. The van der Waals surface area contributed by atoms with E-state index < -0.39 is 30.0 Å². The average molecular weight is 660 g/mol. The highest BCUT2D eigenvalue weighted by Crippen LogP contribution is 2.47. The SMILES string of the molecule is CN(c1cc(Cl)c(O[C@H]2CCc3c(-c4ccc5c(c4F)OCCO5)cccc32)cc1OCc1cncc(C#N)c1)[C@@](C)(CO)C(=O)O. The maximum absolute atomic E-state index is 15.6. The lowest BCUT2D eigenvalue weighted by Gasteiger charge is -2.36. The molecule has 47 heavy (non-hydrogen) atoms. The van der Waals surface area contributed by atoms with E-state index in [1.165, 1.54) is 31.1 Å². The number of pyridine rings is 1. The number of aliphatic hydroxyl groups is 1. The molecule has 2 heterocycles. The van der Waals surface area contributed by atoms with Crippen LogP contribution in [0.2, 0.25) is 5.02 Å². The first-order valence-electron chi connectivity index (χ1n) is 14.9. The summed E-state index contributed by atoms with van der Waals surface area (Å²) in [4.78, 5) is 17.6. The van der Waals surface area contributed by atoms with Crippen LogP contribution in [-0.2, 0) is 17.8 Å². The molecule has 0 bridgehead atoms. The number of hydrogen-bond acceptors (Lipinski definition) is 9. The zero-order valence-electron chi connectivity index (χ0n) is 25.6. The van der Waals surface area contributed by atoms with Crippen LogP contribution in [0.1, 0.15) is 41.7 Å². The lowest BCUT2D eigenvalue weighted by molar-refractivity contribution is -0.144. The van der Waals surface area contributed by atoms with Gasteiger partial charge in [-0.3, -0.25) is 4.98 Å². The zero-order chi connectivity index (χ0) is 33.3. The summed E-state index contributed by atoms with van der Waals surface area (Å²) in [5.41, 5.74) is 2.55. The lowest BCUT2D eigenvalue weighted by Crippen LogP contribution is -2.53. The number of carbonyl (C=O) groups is 1. The van der Waals surface area contributed by atoms with E-state index in [0.29, 0.717) is 47.6 Å². The molecular weight excluding hydrogens is 629 g/mol. The summed E-state index contributed by atoms with van der Waals surface area (Å²) >= 11 is 6.76. The summed E-state index contributed by atoms with van der Waals surface area (Å²) in [7, 11) is 1.52. The highest BCUT2D eigenvalue weighted by molar-refractivity contribution is 6.32. The second-order valence-electron chi connectivity index (χ2n) is 11.5. The van der Waals surface area contributed by atoms with E-state index in [0.717, 1.165) is 16.7 Å². The van der Waals surface area contributed by atoms with Gasteiger partial charge in [-0.05, 0) is 60.7 Å². The van der Waals surface area contributed by atoms with Crippen molar-refractivity contribution in [3.05, 3.63) is 94.0 Å². The molecule has 0 radical (unpaired) electrons. The predicted octanol–water partition coefficient (Wildman–Crippen LogP) is 6.10. The summed E-state index contributed by atoms with van der Waals surface area (Å²) < 4.78 is 39.3. The van der Waals surface area contributed by atoms with Crippen LogP contribution in [0.4, 0.5) is 10.1 Å². The molecule has 2 atom stereocenters. The van der Waals surface area contributed by atoms with Gasteiger partial charge < -0.3 is 34.1 Å². The van der Waals surface area contributed by atoms with Gasteiger partial charge in [0.25, 0.3) is 0 Å². The highest BCUT2D eigenvalue weighted by atomic mass is 35.5. The molecule has 1 aliphatic heterocycles. The number of anilines is 1. The van der Waals surface area contributed by atoms with Gasteiger partial charge in [0.15, 0.2) is 22.9 Å². The number of aliphatic carboxylic acids is 1. The standard InChI is InChI=1S/C35H31ClFN3O7/c1-35(19-41,34(42)43)40(2)27-13-26(36)30(14-31(27)46-18-21-12-20(15-38)16-39-17-21)47-28-8-6-23-22(4-3-5-24(23)28)25-7-9-29-33(32(25)37)45-11-10-44-29/h3-5,7,9,12-14,16-17,28,41H,6,8,10-11,18-19H2,1-2H3,(H,42,43)/t28-,35-/m0/s1. The minimum atomic E-state index is -1.70. The van der Waals surface area contributed by atoms with Gasteiger partial charge >= 0.3 is 5.97 Å². The van der Waals surface area contributed by atoms with Crippen LogP contribution in [0, 0.1) is 17.1 Å². The third-order valence-corrected chi connectivity index (χ3v) is 8.92. The first-order chi connectivity index (χ1) is 22.6.